The Labute approximate surface area is 205 Å². The van der Waals surface area contributed by atoms with E-state index in [4.69, 9.17) is 10.7 Å². The molecule has 1 aliphatic heterocycles. The lowest BCUT2D eigenvalue weighted by atomic mass is 10.0. The Kier molecular flexibility index (Phi) is 5.90. The summed E-state index contributed by atoms with van der Waals surface area (Å²) in [5.41, 5.74) is 13.4. The zero-order valence-electron chi connectivity index (χ0n) is 20.7. The summed E-state index contributed by atoms with van der Waals surface area (Å²) >= 11 is 0. The SMILES string of the molecule is Cc1cc(N(C)CCN(C)C)c(N)cc1Nc1nccc(-c2c3n(c4ccccc24)CCC3=O)n1. The fraction of sp³-hybridized carbons (Fsp3) is 0.296. The molecule has 2 aromatic heterocycles. The first kappa shape index (κ1) is 22.9. The molecule has 1 aliphatic rings. The van der Waals surface area contributed by atoms with Gasteiger partial charge in [0, 0.05) is 61.5 Å². The lowest BCUT2D eigenvalue weighted by molar-refractivity contribution is 0.0995. The van der Waals surface area contributed by atoms with Crippen molar-refractivity contribution >= 4 is 39.7 Å². The highest BCUT2D eigenvalue weighted by atomic mass is 16.1. The molecule has 35 heavy (non-hydrogen) atoms. The standard InChI is InChI=1S/C27H31N7O/c1-17-15-23(33(4)14-13-32(2)3)19(28)16-21(17)31-27-29-11-9-20(30-27)25-18-7-5-6-8-22(18)34-12-10-24(35)26(25)34/h5-9,11,15-16H,10,12-14,28H2,1-4H3,(H,29,30,31). The van der Waals surface area contributed by atoms with Gasteiger partial charge in [-0.2, -0.15) is 0 Å². The Morgan fingerprint density at radius 2 is 1.91 bits per heavy atom. The van der Waals surface area contributed by atoms with Crippen molar-refractivity contribution in [2.45, 2.75) is 19.9 Å². The molecule has 180 valence electrons. The average molecular weight is 470 g/mol. The van der Waals surface area contributed by atoms with E-state index in [0.717, 1.165) is 57.9 Å². The third-order valence-electron chi connectivity index (χ3n) is 6.62. The number of nitrogens with zero attached hydrogens (tertiary/aromatic N) is 5. The summed E-state index contributed by atoms with van der Waals surface area (Å²) in [4.78, 5) is 26.3. The lowest BCUT2D eigenvalue weighted by Crippen LogP contribution is -2.29. The average Bonchev–Trinajstić information content (AvgIpc) is 3.37. The van der Waals surface area contributed by atoms with E-state index in [0.29, 0.717) is 24.6 Å². The van der Waals surface area contributed by atoms with E-state index in [-0.39, 0.29) is 5.78 Å². The number of hydrogen-bond donors (Lipinski definition) is 2. The molecule has 0 radical (unpaired) electrons. The smallest absolute Gasteiger partial charge is 0.227 e. The molecule has 0 atom stereocenters. The molecular formula is C27H31N7O. The topological polar surface area (TPSA) is 92.3 Å². The molecule has 0 aliphatic carbocycles. The largest absolute Gasteiger partial charge is 0.397 e. The third-order valence-corrected chi connectivity index (χ3v) is 6.62. The van der Waals surface area contributed by atoms with Gasteiger partial charge in [0.1, 0.15) is 0 Å². The quantitative estimate of drug-likeness (QED) is 0.390. The van der Waals surface area contributed by atoms with E-state index in [9.17, 15) is 4.79 Å². The second-order valence-corrected chi connectivity index (χ2v) is 9.41. The van der Waals surface area contributed by atoms with Crippen LogP contribution in [0.2, 0.25) is 0 Å². The summed E-state index contributed by atoms with van der Waals surface area (Å²) in [6, 6.07) is 14.0. The minimum Gasteiger partial charge on any atom is -0.397 e. The Bertz CT molecular complexity index is 1420. The van der Waals surface area contributed by atoms with E-state index in [1.54, 1.807) is 6.20 Å². The van der Waals surface area contributed by atoms with Crippen molar-refractivity contribution in [1.29, 1.82) is 0 Å². The summed E-state index contributed by atoms with van der Waals surface area (Å²) in [6.07, 6.45) is 2.25. The predicted molar refractivity (Wildman–Crippen MR) is 143 cm³/mol. The van der Waals surface area contributed by atoms with Crippen molar-refractivity contribution in [2.24, 2.45) is 0 Å². The number of nitrogens with one attached hydrogen (secondary N) is 1. The number of benzene rings is 2. The van der Waals surface area contributed by atoms with E-state index < -0.39 is 0 Å². The molecule has 0 fully saturated rings. The molecule has 0 spiro atoms. The van der Waals surface area contributed by atoms with Gasteiger partial charge in [0.05, 0.1) is 22.8 Å². The molecule has 0 amide bonds. The van der Waals surface area contributed by atoms with E-state index in [1.165, 1.54) is 0 Å². The number of para-hydroxylation sites is 1. The molecule has 2 aromatic carbocycles. The van der Waals surface area contributed by atoms with E-state index >= 15 is 0 Å². The Morgan fingerprint density at radius 3 is 2.71 bits per heavy atom. The summed E-state index contributed by atoms with van der Waals surface area (Å²) in [7, 11) is 6.17. The van der Waals surface area contributed by atoms with Crippen molar-refractivity contribution in [1.82, 2.24) is 19.4 Å². The van der Waals surface area contributed by atoms with Crippen molar-refractivity contribution < 1.29 is 4.79 Å². The fourth-order valence-electron chi connectivity index (χ4n) is 4.74. The van der Waals surface area contributed by atoms with Crippen LogP contribution in [-0.4, -0.2) is 59.5 Å². The number of fused-ring (bicyclic) bond motifs is 3. The number of ketones is 1. The van der Waals surface area contributed by atoms with Crippen LogP contribution in [0.3, 0.4) is 0 Å². The normalized spacial score (nSPS) is 13.0. The van der Waals surface area contributed by atoms with Crippen molar-refractivity contribution in [2.75, 3.05) is 50.2 Å². The van der Waals surface area contributed by atoms with Gasteiger partial charge in [0.25, 0.3) is 0 Å². The number of aromatic nitrogens is 3. The van der Waals surface area contributed by atoms with Crippen LogP contribution < -0.4 is 16.0 Å². The van der Waals surface area contributed by atoms with Gasteiger partial charge in [-0.15, -0.1) is 0 Å². The first-order valence-corrected chi connectivity index (χ1v) is 11.8. The van der Waals surface area contributed by atoms with E-state index in [2.05, 4.69) is 64.0 Å². The predicted octanol–water partition coefficient (Wildman–Crippen LogP) is 4.32. The highest BCUT2D eigenvalue weighted by molar-refractivity contribution is 6.12. The molecule has 0 bridgehead atoms. The molecule has 0 saturated heterocycles. The number of nitrogens with two attached hydrogens (primary N) is 1. The van der Waals surface area contributed by atoms with Gasteiger partial charge in [0.15, 0.2) is 5.78 Å². The van der Waals surface area contributed by atoms with Gasteiger partial charge in [-0.1, -0.05) is 18.2 Å². The maximum absolute atomic E-state index is 12.8. The van der Waals surface area contributed by atoms with E-state index in [1.807, 2.05) is 31.2 Å². The number of anilines is 4. The van der Waals surface area contributed by atoms with Crippen LogP contribution in [0.5, 0.6) is 0 Å². The van der Waals surface area contributed by atoms with Gasteiger partial charge in [-0.25, -0.2) is 9.97 Å². The van der Waals surface area contributed by atoms with Crippen LogP contribution in [-0.2, 0) is 6.54 Å². The second-order valence-electron chi connectivity index (χ2n) is 9.41. The van der Waals surface area contributed by atoms with Crippen LogP contribution >= 0.6 is 0 Å². The molecular weight excluding hydrogens is 438 g/mol. The molecule has 5 rings (SSSR count). The number of aryl methyl sites for hydroxylation is 2. The van der Waals surface area contributed by atoms with Crippen LogP contribution in [0, 0.1) is 6.92 Å². The summed E-state index contributed by atoms with van der Waals surface area (Å²) in [6.45, 7) is 4.57. The van der Waals surface area contributed by atoms with Crippen LogP contribution in [0.25, 0.3) is 22.2 Å². The maximum atomic E-state index is 12.8. The van der Waals surface area contributed by atoms with Gasteiger partial charge in [-0.3, -0.25) is 4.79 Å². The van der Waals surface area contributed by atoms with Crippen LogP contribution in [0.4, 0.5) is 23.0 Å². The number of Topliss-reactive ketones (excluding diaryl/α,β-unsaturated/α-hetero) is 1. The van der Waals surface area contributed by atoms with Crippen LogP contribution in [0.15, 0.2) is 48.7 Å². The second kappa shape index (κ2) is 9.03. The van der Waals surface area contributed by atoms with Crippen molar-refractivity contribution in [3.05, 3.63) is 59.9 Å². The fourth-order valence-corrected chi connectivity index (χ4v) is 4.74. The maximum Gasteiger partial charge on any atom is 0.227 e. The molecule has 0 unspecified atom stereocenters. The zero-order chi connectivity index (χ0) is 24.7. The first-order valence-electron chi connectivity index (χ1n) is 11.8. The Hall–Kier alpha value is -3.91. The molecule has 3 heterocycles. The highest BCUT2D eigenvalue weighted by Crippen LogP contribution is 2.38. The summed E-state index contributed by atoms with van der Waals surface area (Å²) < 4.78 is 2.11. The van der Waals surface area contributed by atoms with Gasteiger partial charge in [0.2, 0.25) is 5.95 Å². The number of nitrogen functional groups attached to an aromatic ring is 1. The lowest BCUT2D eigenvalue weighted by Gasteiger charge is -2.24. The molecule has 8 heteroatoms. The van der Waals surface area contributed by atoms with Gasteiger partial charge < -0.3 is 25.4 Å². The van der Waals surface area contributed by atoms with Crippen molar-refractivity contribution in [3.8, 4) is 11.3 Å². The zero-order valence-corrected chi connectivity index (χ0v) is 20.7. The number of carbonyl (C=O) groups is 1. The molecule has 3 N–H and O–H groups in total. The summed E-state index contributed by atoms with van der Waals surface area (Å²) in [5.74, 6) is 0.620. The number of hydrogen-bond acceptors (Lipinski definition) is 7. The minimum absolute atomic E-state index is 0.155. The Morgan fingerprint density at radius 1 is 1.11 bits per heavy atom. The minimum atomic E-state index is 0.155. The van der Waals surface area contributed by atoms with Gasteiger partial charge in [-0.05, 0) is 50.8 Å². The number of carbonyl (C=O) groups excluding carboxylic acids is 1. The van der Waals surface area contributed by atoms with Gasteiger partial charge >= 0.3 is 0 Å². The summed E-state index contributed by atoms with van der Waals surface area (Å²) in [5, 5.41) is 4.37. The third kappa shape index (κ3) is 4.21. The Balaban J connectivity index is 1.47. The van der Waals surface area contributed by atoms with Crippen LogP contribution in [0.1, 0.15) is 22.5 Å². The monoisotopic (exact) mass is 469 g/mol. The molecule has 0 saturated carbocycles. The molecule has 8 nitrogen and oxygen atoms in total. The number of likely N-dealkylation sites (N-methyl/N-ethyl adjacent to an activating group) is 2. The highest BCUT2D eigenvalue weighted by Gasteiger charge is 2.29. The van der Waals surface area contributed by atoms with Crippen molar-refractivity contribution in [3.63, 3.8) is 0 Å². The first-order chi connectivity index (χ1) is 16.8. The molecule has 4 aromatic rings. The number of rotatable bonds is 7.